The molecule has 2 aromatic carbocycles. The molecule has 0 spiro atoms. The van der Waals surface area contributed by atoms with Crippen LogP contribution in [0.1, 0.15) is 43.5 Å². The van der Waals surface area contributed by atoms with E-state index in [2.05, 4.69) is 16.0 Å². The number of rotatable bonds is 7. The van der Waals surface area contributed by atoms with Gasteiger partial charge < -0.3 is 29.0 Å². The second-order valence-electron chi connectivity index (χ2n) is 11.3. The first kappa shape index (κ1) is 26.7. The summed E-state index contributed by atoms with van der Waals surface area (Å²) in [5, 5.41) is 1.07. The van der Waals surface area contributed by atoms with Crippen molar-refractivity contribution in [2.24, 2.45) is 0 Å². The highest BCUT2D eigenvalue weighted by Crippen LogP contribution is 2.49. The highest BCUT2D eigenvalue weighted by Gasteiger charge is 2.56. The lowest BCUT2D eigenvalue weighted by Gasteiger charge is -2.51. The molecule has 2 fully saturated rings. The van der Waals surface area contributed by atoms with Gasteiger partial charge in [-0.25, -0.2) is 0 Å². The lowest BCUT2D eigenvalue weighted by atomic mass is 9.76. The number of carbonyl (C=O) groups excluding carboxylic acids is 2. The molecule has 3 aliphatic heterocycles. The molecule has 40 heavy (non-hydrogen) atoms. The summed E-state index contributed by atoms with van der Waals surface area (Å²) < 4.78 is 17.1. The van der Waals surface area contributed by atoms with Crippen LogP contribution in [0.4, 0.5) is 0 Å². The Bertz CT molecular complexity index is 1430. The third-order valence-corrected chi connectivity index (χ3v) is 8.56. The van der Waals surface area contributed by atoms with Crippen molar-refractivity contribution in [3.63, 3.8) is 0 Å². The molecule has 2 amide bonds. The predicted octanol–water partition coefficient (Wildman–Crippen LogP) is 3.33. The van der Waals surface area contributed by atoms with Gasteiger partial charge in [-0.05, 0) is 50.1 Å². The van der Waals surface area contributed by atoms with Crippen LogP contribution in [0, 0.1) is 0 Å². The first-order valence-corrected chi connectivity index (χ1v) is 14.2. The molecule has 6 rings (SSSR count). The van der Waals surface area contributed by atoms with Crippen molar-refractivity contribution in [3.8, 4) is 11.5 Å². The Kier molecular flexibility index (Phi) is 6.96. The van der Waals surface area contributed by atoms with Crippen molar-refractivity contribution in [1.29, 1.82) is 0 Å². The van der Waals surface area contributed by atoms with Crippen LogP contribution in [-0.2, 0) is 19.9 Å². The molecule has 4 heterocycles. The van der Waals surface area contributed by atoms with E-state index in [0.29, 0.717) is 37.8 Å². The van der Waals surface area contributed by atoms with Crippen LogP contribution in [0.15, 0.2) is 42.5 Å². The number of hydrogen-bond acceptors (Lipinski definition) is 6. The van der Waals surface area contributed by atoms with E-state index in [1.807, 2.05) is 57.2 Å². The second kappa shape index (κ2) is 10.4. The summed E-state index contributed by atoms with van der Waals surface area (Å²) in [6, 6.07) is 14.1. The van der Waals surface area contributed by atoms with Gasteiger partial charge in [0.15, 0.2) is 17.0 Å². The molecule has 9 nitrogen and oxygen atoms in total. The topological polar surface area (TPSA) is 87.3 Å². The molecule has 0 radical (unpaired) electrons. The van der Waals surface area contributed by atoms with Gasteiger partial charge in [-0.15, -0.1) is 0 Å². The van der Waals surface area contributed by atoms with Crippen LogP contribution < -0.4 is 9.47 Å². The minimum absolute atomic E-state index is 0.0125. The van der Waals surface area contributed by atoms with Gasteiger partial charge >= 0.3 is 0 Å². The molecule has 0 saturated carbocycles. The van der Waals surface area contributed by atoms with Crippen molar-refractivity contribution >= 4 is 22.7 Å². The zero-order chi connectivity index (χ0) is 28.0. The molecule has 2 saturated heterocycles. The third-order valence-electron chi connectivity index (χ3n) is 8.56. The van der Waals surface area contributed by atoms with Crippen LogP contribution >= 0.6 is 0 Å². The quantitative estimate of drug-likeness (QED) is 0.489. The fourth-order valence-corrected chi connectivity index (χ4v) is 6.49. The zero-order valence-corrected chi connectivity index (χ0v) is 23.7. The van der Waals surface area contributed by atoms with Crippen LogP contribution in [0.2, 0.25) is 0 Å². The number of para-hydroxylation sites is 1. The molecular weight excluding hydrogens is 508 g/mol. The van der Waals surface area contributed by atoms with Gasteiger partial charge in [0.25, 0.3) is 5.91 Å². The van der Waals surface area contributed by atoms with Gasteiger partial charge in [-0.1, -0.05) is 24.3 Å². The maximum Gasteiger partial charge on any atom is 0.254 e. The van der Waals surface area contributed by atoms with E-state index >= 15 is 0 Å². The molecule has 2 atom stereocenters. The number of nitrogens with zero attached hydrogens (tertiary/aromatic N) is 3. The maximum atomic E-state index is 14.3. The molecule has 1 N–H and O–H groups in total. The smallest absolute Gasteiger partial charge is 0.254 e. The zero-order valence-electron chi connectivity index (χ0n) is 23.7. The number of amides is 2. The van der Waals surface area contributed by atoms with E-state index < -0.39 is 5.54 Å². The number of aromatic amines is 1. The SMILES string of the molecule is COc1cc([C@@H]2CN3C(=O)CN(CCN4CCOCC4)C(=O)[C@]3(C)c3[nH]c4ccccc4c32)ccc1OC(C)C. The largest absolute Gasteiger partial charge is 0.493 e. The summed E-state index contributed by atoms with van der Waals surface area (Å²) >= 11 is 0. The number of benzene rings is 2. The fraction of sp³-hybridized carbons (Fsp3) is 0.484. The average Bonchev–Trinajstić information content (AvgIpc) is 3.36. The molecule has 3 aliphatic rings. The Hall–Kier alpha value is -3.56. The Morgan fingerprint density at radius 2 is 1.85 bits per heavy atom. The van der Waals surface area contributed by atoms with Gasteiger partial charge in [-0.3, -0.25) is 14.5 Å². The Morgan fingerprint density at radius 1 is 1.07 bits per heavy atom. The number of morpholine rings is 1. The van der Waals surface area contributed by atoms with Crippen molar-refractivity contribution in [2.75, 3.05) is 59.6 Å². The molecule has 1 aromatic heterocycles. The highest BCUT2D eigenvalue weighted by molar-refractivity contribution is 6.01. The Morgan fingerprint density at radius 3 is 2.60 bits per heavy atom. The third kappa shape index (κ3) is 4.41. The van der Waals surface area contributed by atoms with Gasteiger partial charge in [0.1, 0.15) is 0 Å². The highest BCUT2D eigenvalue weighted by atomic mass is 16.5. The van der Waals surface area contributed by atoms with E-state index in [4.69, 9.17) is 14.2 Å². The number of ether oxygens (including phenoxy) is 3. The average molecular weight is 547 g/mol. The van der Waals surface area contributed by atoms with Crippen molar-refractivity contribution in [2.45, 2.75) is 38.3 Å². The first-order chi connectivity index (χ1) is 19.3. The van der Waals surface area contributed by atoms with Crippen LogP contribution in [-0.4, -0.2) is 97.2 Å². The lowest BCUT2D eigenvalue weighted by Crippen LogP contribution is -2.68. The predicted molar refractivity (Wildman–Crippen MR) is 152 cm³/mol. The monoisotopic (exact) mass is 546 g/mol. The number of piperazine rings is 1. The second-order valence-corrected chi connectivity index (χ2v) is 11.3. The van der Waals surface area contributed by atoms with Gasteiger partial charge in [0.05, 0.1) is 38.7 Å². The molecule has 0 unspecified atom stereocenters. The summed E-state index contributed by atoms with van der Waals surface area (Å²) in [5.74, 6) is 1.12. The van der Waals surface area contributed by atoms with Crippen LogP contribution in [0.25, 0.3) is 10.9 Å². The normalized spacial score (nSPS) is 23.5. The number of nitrogens with one attached hydrogen (secondary N) is 1. The molecular formula is C31H38N4O5. The van der Waals surface area contributed by atoms with E-state index in [-0.39, 0.29) is 30.4 Å². The molecule has 212 valence electrons. The molecule has 3 aromatic rings. The van der Waals surface area contributed by atoms with Crippen LogP contribution in [0.3, 0.4) is 0 Å². The molecule has 0 bridgehead atoms. The molecule has 9 heteroatoms. The summed E-state index contributed by atoms with van der Waals surface area (Å²) in [6.07, 6.45) is 0.0125. The van der Waals surface area contributed by atoms with E-state index in [9.17, 15) is 9.59 Å². The van der Waals surface area contributed by atoms with E-state index in [1.54, 1.807) is 16.9 Å². The number of aromatic nitrogens is 1. The van der Waals surface area contributed by atoms with Crippen LogP contribution in [0.5, 0.6) is 11.5 Å². The Balaban J connectivity index is 1.41. The van der Waals surface area contributed by atoms with Gasteiger partial charge in [-0.2, -0.15) is 0 Å². The van der Waals surface area contributed by atoms with Crippen molar-refractivity contribution < 1.29 is 23.8 Å². The van der Waals surface area contributed by atoms with Gasteiger partial charge in [0, 0.05) is 49.5 Å². The number of H-pyrrole nitrogens is 1. The first-order valence-electron chi connectivity index (χ1n) is 14.2. The molecule has 0 aliphatic carbocycles. The number of methoxy groups -OCH3 is 1. The van der Waals surface area contributed by atoms with E-state index in [0.717, 1.165) is 47.4 Å². The summed E-state index contributed by atoms with van der Waals surface area (Å²) in [4.78, 5) is 37.4. The standard InChI is InChI=1S/C31H38N4O5/c1-20(2)40-25-10-9-21(17-26(25)38-4)23-18-35-27(36)19-34(12-11-33-13-15-39-16-14-33)30(37)31(35,3)29-28(23)22-7-5-6-8-24(22)32-29/h5-10,17,20,23,32H,11-16,18-19H2,1-4H3/t23-,31-/m0/s1. The maximum absolute atomic E-state index is 14.3. The minimum Gasteiger partial charge on any atom is -0.493 e. The van der Waals surface area contributed by atoms with Crippen molar-refractivity contribution in [3.05, 3.63) is 59.3 Å². The number of hydrogen-bond donors (Lipinski definition) is 1. The van der Waals surface area contributed by atoms with Gasteiger partial charge in [0.2, 0.25) is 5.91 Å². The minimum atomic E-state index is -1.12. The number of carbonyl (C=O) groups is 2. The van der Waals surface area contributed by atoms with E-state index in [1.165, 1.54) is 0 Å². The Labute approximate surface area is 235 Å². The summed E-state index contributed by atoms with van der Waals surface area (Å²) in [7, 11) is 1.64. The fourth-order valence-electron chi connectivity index (χ4n) is 6.49. The summed E-state index contributed by atoms with van der Waals surface area (Å²) in [6.45, 7) is 10.7. The summed E-state index contributed by atoms with van der Waals surface area (Å²) in [5.41, 5.74) is 2.70. The lowest BCUT2D eigenvalue weighted by molar-refractivity contribution is -0.166. The van der Waals surface area contributed by atoms with Crippen molar-refractivity contribution in [1.82, 2.24) is 19.7 Å². The number of fused-ring (bicyclic) bond motifs is 5.